The molecule has 2 rings (SSSR count). The lowest BCUT2D eigenvalue weighted by Gasteiger charge is -2.17. The Balaban J connectivity index is 2.00. The van der Waals surface area contributed by atoms with Gasteiger partial charge in [0.2, 0.25) is 0 Å². The van der Waals surface area contributed by atoms with Gasteiger partial charge in [0.15, 0.2) is 0 Å². The number of hydrogen-bond acceptors (Lipinski definition) is 3. The van der Waals surface area contributed by atoms with Gasteiger partial charge in [-0.2, -0.15) is 5.10 Å². The summed E-state index contributed by atoms with van der Waals surface area (Å²) in [5.41, 5.74) is 1.16. The molecule has 0 spiro atoms. The van der Waals surface area contributed by atoms with Gasteiger partial charge in [0.1, 0.15) is 0 Å². The van der Waals surface area contributed by atoms with E-state index in [1.807, 2.05) is 18.5 Å². The predicted molar refractivity (Wildman–Crippen MR) is 67.9 cm³/mol. The number of nitrogens with zero attached hydrogens (tertiary/aromatic N) is 1. The van der Waals surface area contributed by atoms with Gasteiger partial charge in [-0.05, 0) is 26.0 Å². The molecule has 2 unspecified atom stereocenters. The van der Waals surface area contributed by atoms with Crippen molar-refractivity contribution >= 4 is 22.9 Å². The van der Waals surface area contributed by atoms with E-state index in [1.54, 1.807) is 11.3 Å². The molecule has 0 aromatic carbocycles. The van der Waals surface area contributed by atoms with E-state index in [9.17, 15) is 0 Å². The van der Waals surface area contributed by atoms with Gasteiger partial charge in [0.05, 0.1) is 10.5 Å². The highest BCUT2D eigenvalue weighted by Crippen LogP contribution is 2.28. The van der Waals surface area contributed by atoms with Gasteiger partial charge in [-0.15, -0.1) is 11.3 Å². The standard InChI is InChI=1S/C11H14ClN3S/c1-7(9-5-13-14-6-9)15-8(2)10-3-4-11(12)16-10/h3-8,15H,1-2H3,(H,13,14). The fourth-order valence-corrected chi connectivity index (χ4v) is 2.68. The summed E-state index contributed by atoms with van der Waals surface area (Å²) in [5, 5.41) is 10.3. The Hall–Kier alpha value is -0.840. The summed E-state index contributed by atoms with van der Waals surface area (Å²) in [7, 11) is 0. The highest BCUT2D eigenvalue weighted by atomic mass is 35.5. The van der Waals surface area contributed by atoms with Crippen molar-refractivity contribution in [1.29, 1.82) is 0 Å². The molecule has 16 heavy (non-hydrogen) atoms. The number of thiophene rings is 1. The third-order valence-corrected chi connectivity index (χ3v) is 3.95. The largest absolute Gasteiger partial charge is 0.303 e. The van der Waals surface area contributed by atoms with Crippen LogP contribution in [0.4, 0.5) is 0 Å². The van der Waals surface area contributed by atoms with E-state index in [1.165, 1.54) is 4.88 Å². The van der Waals surface area contributed by atoms with E-state index in [2.05, 4.69) is 35.4 Å². The Morgan fingerprint density at radius 3 is 2.75 bits per heavy atom. The van der Waals surface area contributed by atoms with Gasteiger partial charge in [0, 0.05) is 28.7 Å². The van der Waals surface area contributed by atoms with E-state index >= 15 is 0 Å². The molecule has 0 saturated carbocycles. The molecule has 0 fully saturated rings. The average molecular weight is 256 g/mol. The molecule has 0 amide bonds. The first-order chi connectivity index (χ1) is 7.66. The molecule has 2 heterocycles. The summed E-state index contributed by atoms with van der Waals surface area (Å²) >= 11 is 7.53. The number of hydrogen-bond donors (Lipinski definition) is 2. The highest BCUT2D eigenvalue weighted by molar-refractivity contribution is 7.16. The lowest BCUT2D eigenvalue weighted by atomic mass is 10.1. The van der Waals surface area contributed by atoms with Crippen LogP contribution < -0.4 is 5.32 Å². The molecular weight excluding hydrogens is 242 g/mol. The highest BCUT2D eigenvalue weighted by Gasteiger charge is 2.13. The van der Waals surface area contributed by atoms with Gasteiger partial charge in [0.25, 0.3) is 0 Å². The minimum absolute atomic E-state index is 0.273. The third kappa shape index (κ3) is 2.64. The molecule has 0 saturated heterocycles. The number of halogens is 1. The molecule has 0 bridgehead atoms. The monoisotopic (exact) mass is 255 g/mol. The van der Waals surface area contributed by atoms with Crippen LogP contribution in [-0.2, 0) is 0 Å². The van der Waals surface area contributed by atoms with Gasteiger partial charge in [-0.25, -0.2) is 0 Å². The van der Waals surface area contributed by atoms with E-state index in [-0.39, 0.29) is 6.04 Å². The number of aromatic amines is 1. The van der Waals surface area contributed by atoms with E-state index in [0.29, 0.717) is 6.04 Å². The second-order valence-corrected chi connectivity index (χ2v) is 5.53. The normalized spacial score (nSPS) is 14.9. The molecule has 2 aromatic heterocycles. The molecule has 5 heteroatoms. The minimum Gasteiger partial charge on any atom is -0.303 e. The quantitative estimate of drug-likeness (QED) is 0.877. The average Bonchev–Trinajstić information content (AvgIpc) is 2.87. The molecule has 2 aromatic rings. The van der Waals surface area contributed by atoms with Gasteiger partial charge < -0.3 is 5.32 Å². The van der Waals surface area contributed by atoms with Crippen molar-refractivity contribution in [3.63, 3.8) is 0 Å². The molecule has 2 N–H and O–H groups in total. The number of rotatable bonds is 4. The van der Waals surface area contributed by atoms with Crippen LogP contribution in [0.3, 0.4) is 0 Å². The van der Waals surface area contributed by atoms with Gasteiger partial charge in [-0.3, -0.25) is 5.10 Å². The first kappa shape index (κ1) is 11.6. The summed E-state index contributed by atoms with van der Waals surface area (Å²) in [6, 6.07) is 4.56. The van der Waals surface area contributed by atoms with Crippen LogP contribution in [0.25, 0.3) is 0 Å². The Kier molecular flexibility index (Phi) is 3.63. The zero-order valence-corrected chi connectivity index (χ0v) is 10.8. The van der Waals surface area contributed by atoms with Gasteiger partial charge in [-0.1, -0.05) is 11.6 Å². The van der Waals surface area contributed by atoms with Crippen LogP contribution in [0.2, 0.25) is 4.34 Å². The van der Waals surface area contributed by atoms with Crippen molar-refractivity contribution in [2.45, 2.75) is 25.9 Å². The maximum atomic E-state index is 5.92. The summed E-state index contributed by atoms with van der Waals surface area (Å²) in [4.78, 5) is 1.25. The molecule has 0 aliphatic carbocycles. The van der Waals surface area contributed by atoms with Crippen molar-refractivity contribution in [2.24, 2.45) is 0 Å². The summed E-state index contributed by atoms with van der Waals surface area (Å²) in [5.74, 6) is 0. The fraction of sp³-hybridized carbons (Fsp3) is 0.364. The molecule has 3 nitrogen and oxygen atoms in total. The second kappa shape index (κ2) is 4.99. The van der Waals surface area contributed by atoms with Crippen molar-refractivity contribution in [3.8, 4) is 0 Å². The van der Waals surface area contributed by atoms with Crippen molar-refractivity contribution < 1.29 is 0 Å². The van der Waals surface area contributed by atoms with E-state index in [0.717, 1.165) is 9.90 Å². The van der Waals surface area contributed by atoms with Crippen molar-refractivity contribution in [1.82, 2.24) is 15.5 Å². The Bertz CT molecular complexity index is 438. The fourth-order valence-electron chi connectivity index (χ4n) is 1.61. The topological polar surface area (TPSA) is 40.7 Å². The first-order valence-corrected chi connectivity index (χ1v) is 6.36. The summed E-state index contributed by atoms with van der Waals surface area (Å²) < 4.78 is 0.833. The van der Waals surface area contributed by atoms with Crippen LogP contribution in [0.1, 0.15) is 36.4 Å². The number of aromatic nitrogens is 2. The maximum absolute atomic E-state index is 5.92. The van der Waals surface area contributed by atoms with Crippen LogP contribution in [-0.4, -0.2) is 10.2 Å². The van der Waals surface area contributed by atoms with Crippen molar-refractivity contribution in [3.05, 3.63) is 39.3 Å². The summed E-state index contributed by atoms with van der Waals surface area (Å²) in [6.07, 6.45) is 3.75. The van der Waals surface area contributed by atoms with Crippen LogP contribution in [0.5, 0.6) is 0 Å². The summed E-state index contributed by atoms with van der Waals surface area (Å²) in [6.45, 7) is 4.26. The second-order valence-electron chi connectivity index (χ2n) is 3.78. The molecular formula is C11H14ClN3S. The molecule has 86 valence electrons. The smallest absolute Gasteiger partial charge is 0.0931 e. The SMILES string of the molecule is CC(NC(C)c1ccc(Cl)s1)c1cn[nH]c1. The predicted octanol–water partition coefficient (Wildman–Crippen LogP) is 3.54. The molecule has 0 radical (unpaired) electrons. The van der Waals surface area contributed by atoms with E-state index < -0.39 is 0 Å². The zero-order chi connectivity index (χ0) is 11.5. The Morgan fingerprint density at radius 1 is 1.38 bits per heavy atom. The van der Waals surface area contributed by atoms with Crippen molar-refractivity contribution in [2.75, 3.05) is 0 Å². The molecule has 2 atom stereocenters. The van der Waals surface area contributed by atoms with E-state index in [4.69, 9.17) is 11.6 Å². The minimum atomic E-state index is 0.273. The van der Waals surface area contributed by atoms with Crippen LogP contribution >= 0.6 is 22.9 Å². The Morgan fingerprint density at radius 2 is 2.19 bits per heavy atom. The number of nitrogens with one attached hydrogen (secondary N) is 2. The first-order valence-electron chi connectivity index (χ1n) is 5.17. The van der Waals surface area contributed by atoms with Gasteiger partial charge >= 0.3 is 0 Å². The lowest BCUT2D eigenvalue weighted by molar-refractivity contribution is 0.500. The van der Waals surface area contributed by atoms with Crippen LogP contribution in [0, 0.1) is 0 Å². The molecule has 0 aliphatic heterocycles. The Labute approximate surface area is 104 Å². The lowest BCUT2D eigenvalue weighted by Crippen LogP contribution is -2.21. The maximum Gasteiger partial charge on any atom is 0.0931 e. The van der Waals surface area contributed by atoms with Crippen LogP contribution in [0.15, 0.2) is 24.5 Å². The zero-order valence-electron chi connectivity index (χ0n) is 9.20. The number of H-pyrrole nitrogens is 1. The third-order valence-electron chi connectivity index (χ3n) is 2.54. The molecule has 0 aliphatic rings.